The highest BCUT2D eigenvalue weighted by Crippen LogP contribution is 2.18. The molecule has 1 aromatic carbocycles. The average molecular weight is 247 g/mol. The molecule has 0 saturated heterocycles. The van der Waals surface area contributed by atoms with Crippen molar-refractivity contribution in [3.05, 3.63) is 30.1 Å². The molecule has 1 N–H and O–H groups in total. The second-order valence-electron chi connectivity index (χ2n) is 3.48. The molecule has 0 amide bonds. The van der Waals surface area contributed by atoms with Crippen LogP contribution in [0.15, 0.2) is 24.3 Å². The third-order valence-electron chi connectivity index (χ3n) is 2.34. The highest BCUT2D eigenvalue weighted by atomic mass is 32.2. The Morgan fingerprint density at radius 2 is 1.88 bits per heavy atom. The maximum absolute atomic E-state index is 12.7. The van der Waals surface area contributed by atoms with E-state index in [1.807, 2.05) is 0 Å². The number of nitrogens with zero attached hydrogens (tertiary/aromatic N) is 1. The molecular formula is C10H14FNO3S. The van der Waals surface area contributed by atoms with Gasteiger partial charge in [-0.25, -0.2) is 12.8 Å². The van der Waals surface area contributed by atoms with Gasteiger partial charge in [0.2, 0.25) is 10.0 Å². The average Bonchev–Trinajstić information content (AvgIpc) is 2.28. The van der Waals surface area contributed by atoms with Crippen molar-refractivity contribution in [1.82, 2.24) is 0 Å². The normalized spacial score (nSPS) is 13.5. The first-order valence-corrected chi connectivity index (χ1v) is 6.24. The van der Waals surface area contributed by atoms with Crippen molar-refractivity contribution in [2.75, 3.05) is 18.0 Å². The summed E-state index contributed by atoms with van der Waals surface area (Å²) in [5.41, 5.74) is 0.363. The number of benzene rings is 1. The summed E-state index contributed by atoms with van der Waals surface area (Å²) >= 11 is 0. The summed E-state index contributed by atoms with van der Waals surface area (Å²) in [6, 6.07) is 5.11. The van der Waals surface area contributed by atoms with Crippen LogP contribution in [0, 0.1) is 5.82 Å². The lowest BCUT2D eigenvalue weighted by molar-refractivity contribution is 0.295. The highest BCUT2D eigenvalue weighted by Gasteiger charge is 2.25. The fourth-order valence-corrected chi connectivity index (χ4v) is 2.31. The minimum atomic E-state index is -3.59. The van der Waals surface area contributed by atoms with E-state index < -0.39 is 27.7 Å². The van der Waals surface area contributed by atoms with E-state index in [0.29, 0.717) is 5.69 Å². The van der Waals surface area contributed by atoms with Crippen LogP contribution in [0.3, 0.4) is 0 Å². The molecule has 16 heavy (non-hydrogen) atoms. The van der Waals surface area contributed by atoms with E-state index in [0.717, 1.165) is 4.31 Å². The first-order chi connectivity index (χ1) is 7.39. The summed E-state index contributed by atoms with van der Waals surface area (Å²) in [4.78, 5) is 0. The van der Waals surface area contributed by atoms with Gasteiger partial charge in [-0.2, -0.15) is 0 Å². The molecule has 0 radical (unpaired) electrons. The molecular weight excluding hydrogens is 233 g/mol. The summed E-state index contributed by atoms with van der Waals surface area (Å²) in [6.45, 7) is 0.962. The Kier molecular flexibility index (Phi) is 3.88. The Balaban J connectivity index is 3.02. The van der Waals surface area contributed by atoms with Crippen molar-refractivity contribution in [2.45, 2.75) is 12.2 Å². The molecule has 0 aliphatic heterocycles. The molecule has 90 valence electrons. The first kappa shape index (κ1) is 12.9. The lowest BCUT2D eigenvalue weighted by atomic mass is 10.3. The minimum Gasteiger partial charge on any atom is -0.395 e. The van der Waals surface area contributed by atoms with Gasteiger partial charge in [0, 0.05) is 7.05 Å². The zero-order chi connectivity index (χ0) is 12.3. The SMILES string of the molecule is CC(CO)S(=O)(=O)N(C)c1ccc(F)cc1. The predicted molar refractivity (Wildman–Crippen MR) is 60.3 cm³/mol. The fraction of sp³-hybridized carbons (Fsp3) is 0.400. The molecule has 0 saturated carbocycles. The van der Waals surface area contributed by atoms with Gasteiger partial charge >= 0.3 is 0 Å². The standard InChI is InChI=1S/C10H14FNO3S/c1-8(7-13)16(14,15)12(2)10-5-3-9(11)4-6-10/h3-6,8,13H,7H2,1-2H3. The summed E-state index contributed by atoms with van der Waals surface area (Å²) < 4.78 is 37.3. The second kappa shape index (κ2) is 4.80. The zero-order valence-electron chi connectivity index (χ0n) is 9.09. The zero-order valence-corrected chi connectivity index (χ0v) is 9.91. The first-order valence-electron chi connectivity index (χ1n) is 4.73. The topological polar surface area (TPSA) is 57.6 Å². The van der Waals surface area contributed by atoms with Crippen LogP contribution in [0.1, 0.15) is 6.92 Å². The van der Waals surface area contributed by atoms with Gasteiger partial charge in [0.05, 0.1) is 12.3 Å². The van der Waals surface area contributed by atoms with Crippen molar-refractivity contribution in [1.29, 1.82) is 0 Å². The smallest absolute Gasteiger partial charge is 0.239 e. The summed E-state index contributed by atoms with van der Waals surface area (Å²) in [5, 5.41) is 7.96. The minimum absolute atomic E-state index is 0.363. The van der Waals surface area contributed by atoms with Gasteiger partial charge in [0.15, 0.2) is 0 Å². The molecule has 0 fully saturated rings. The van der Waals surface area contributed by atoms with Crippen LogP contribution < -0.4 is 4.31 Å². The molecule has 4 nitrogen and oxygen atoms in total. The van der Waals surface area contributed by atoms with Crippen molar-refractivity contribution < 1.29 is 17.9 Å². The van der Waals surface area contributed by atoms with Crippen LogP contribution in [0.4, 0.5) is 10.1 Å². The number of halogens is 1. The highest BCUT2D eigenvalue weighted by molar-refractivity contribution is 7.93. The van der Waals surface area contributed by atoms with Crippen LogP contribution in [-0.4, -0.2) is 32.4 Å². The summed E-state index contributed by atoms with van der Waals surface area (Å²) in [7, 11) is -2.22. The number of aliphatic hydroxyl groups is 1. The predicted octanol–water partition coefficient (Wildman–Crippen LogP) is 0.973. The number of sulfonamides is 1. The number of hydrogen-bond acceptors (Lipinski definition) is 3. The van der Waals surface area contributed by atoms with Crippen molar-refractivity contribution in [2.24, 2.45) is 0 Å². The lowest BCUT2D eigenvalue weighted by Gasteiger charge is -2.22. The Morgan fingerprint density at radius 3 is 2.31 bits per heavy atom. The second-order valence-corrected chi connectivity index (χ2v) is 5.86. The van der Waals surface area contributed by atoms with Gasteiger partial charge in [0.25, 0.3) is 0 Å². The number of aliphatic hydroxyl groups excluding tert-OH is 1. The molecule has 0 spiro atoms. The van der Waals surface area contributed by atoms with E-state index in [1.165, 1.54) is 38.2 Å². The molecule has 1 rings (SSSR count). The molecule has 0 aliphatic carbocycles. The van der Waals surface area contributed by atoms with E-state index >= 15 is 0 Å². The monoisotopic (exact) mass is 247 g/mol. The van der Waals surface area contributed by atoms with Gasteiger partial charge in [-0.15, -0.1) is 0 Å². The Labute approximate surface area is 94.4 Å². The van der Waals surface area contributed by atoms with Crippen molar-refractivity contribution in [3.8, 4) is 0 Å². The van der Waals surface area contributed by atoms with Gasteiger partial charge < -0.3 is 5.11 Å². The molecule has 0 heterocycles. The molecule has 1 aromatic rings. The third kappa shape index (κ3) is 2.51. The van der Waals surface area contributed by atoms with Crippen LogP contribution in [0.2, 0.25) is 0 Å². The number of anilines is 1. The summed E-state index contributed by atoms with van der Waals surface area (Å²) in [5.74, 6) is -0.426. The molecule has 0 aromatic heterocycles. The van der Waals surface area contributed by atoms with Crippen LogP contribution >= 0.6 is 0 Å². The van der Waals surface area contributed by atoms with Gasteiger partial charge in [0.1, 0.15) is 11.1 Å². The maximum Gasteiger partial charge on any atom is 0.239 e. The Hall–Kier alpha value is -1.14. The largest absolute Gasteiger partial charge is 0.395 e. The van der Waals surface area contributed by atoms with Crippen molar-refractivity contribution in [3.63, 3.8) is 0 Å². The van der Waals surface area contributed by atoms with E-state index in [1.54, 1.807) is 0 Å². The molecule has 0 bridgehead atoms. The lowest BCUT2D eigenvalue weighted by Crippen LogP contribution is -2.36. The Bertz CT molecular complexity index is 444. The van der Waals surface area contributed by atoms with Crippen molar-refractivity contribution >= 4 is 15.7 Å². The number of hydrogen-bond donors (Lipinski definition) is 1. The van der Waals surface area contributed by atoms with Crippen LogP contribution in [-0.2, 0) is 10.0 Å². The number of rotatable bonds is 4. The van der Waals surface area contributed by atoms with E-state index in [-0.39, 0.29) is 0 Å². The summed E-state index contributed by atoms with van der Waals surface area (Å²) in [6.07, 6.45) is 0. The van der Waals surface area contributed by atoms with Crippen LogP contribution in [0.25, 0.3) is 0 Å². The third-order valence-corrected chi connectivity index (χ3v) is 4.48. The van der Waals surface area contributed by atoms with Crippen LogP contribution in [0.5, 0.6) is 0 Å². The van der Waals surface area contributed by atoms with E-state index in [9.17, 15) is 12.8 Å². The van der Waals surface area contributed by atoms with Gasteiger partial charge in [-0.1, -0.05) is 0 Å². The quantitative estimate of drug-likeness (QED) is 0.862. The molecule has 6 heteroatoms. The Morgan fingerprint density at radius 1 is 1.38 bits per heavy atom. The van der Waals surface area contributed by atoms with E-state index in [2.05, 4.69) is 0 Å². The van der Waals surface area contributed by atoms with E-state index in [4.69, 9.17) is 5.11 Å². The molecule has 1 unspecified atom stereocenters. The molecule has 0 aliphatic rings. The van der Waals surface area contributed by atoms with Gasteiger partial charge in [-0.3, -0.25) is 4.31 Å². The fourth-order valence-electron chi connectivity index (χ4n) is 1.16. The maximum atomic E-state index is 12.7. The molecule has 1 atom stereocenters. The van der Waals surface area contributed by atoms with Gasteiger partial charge in [-0.05, 0) is 31.2 Å².